The summed E-state index contributed by atoms with van der Waals surface area (Å²) < 4.78 is 19.8. The van der Waals surface area contributed by atoms with Gasteiger partial charge in [0, 0.05) is 24.2 Å². The van der Waals surface area contributed by atoms with E-state index in [0.717, 1.165) is 26.8 Å². The molecule has 8 aromatic rings. The lowest BCUT2D eigenvalue weighted by Crippen LogP contribution is -2.25. The van der Waals surface area contributed by atoms with Gasteiger partial charge in [-0.25, -0.2) is 14.4 Å². The number of methoxy groups -OCH3 is 1. The number of carbonyl (C=O) groups is 2. The number of nitrogens with zero attached hydrogens (tertiary/aromatic N) is 2. The predicted molar refractivity (Wildman–Crippen MR) is 242 cm³/mol. The number of aromatic nitrogens is 4. The minimum absolute atomic E-state index is 0.151. The molecule has 15 heteroatoms. The zero-order valence-corrected chi connectivity index (χ0v) is 36.3. The van der Waals surface area contributed by atoms with Crippen molar-refractivity contribution in [2.24, 2.45) is 0 Å². The van der Waals surface area contributed by atoms with Crippen LogP contribution in [0.2, 0.25) is 20.1 Å². The van der Waals surface area contributed by atoms with Crippen LogP contribution in [0.4, 0.5) is 4.39 Å². The normalized spacial score (nSPS) is 11.0. The van der Waals surface area contributed by atoms with Crippen molar-refractivity contribution < 1.29 is 18.7 Å². The number of fused-ring (bicyclic) bond motifs is 2. The molecule has 0 saturated carbocycles. The molecule has 0 radical (unpaired) electrons. The Morgan fingerprint density at radius 2 is 1.15 bits per heavy atom. The number of rotatable bonds is 11. The summed E-state index contributed by atoms with van der Waals surface area (Å²) in [7, 11) is 1.63. The molecule has 60 heavy (non-hydrogen) atoms. The molecule has 0 aliphatic rings. The van der Waals surface area contributed by atoms with Crippen molar-refractivity contribution in [3.05, 3.63) is 168 Å². The molecular weight excluding hydrogens is 913 g/mol. The Balaban J connectivity index is 0.000000182. The van der Waals surface area contributed by atoms with Gasteiger partial charge < -0.3 is 25.3 Å². The first-order chi connectivity index (χ1) is 29.0. The summed E-state index contributed by atoms with van der Waals surface area (Å²) in [5.74, 6) is 1.21. The summed E-state index contributed by atoms with van der Waals surface area (Å²) in [4.78, 5) is 40.5. The quantitative estimate of drug-likeness (QED) is 0.103. The summed E-state index contributed by atoms with van der Waals surface area (Å²) in [6.45, 7) is 0.848. The highest BCUT2D eigenvalue weighted by Gasteiger charge is 2.16. The number of H-pyrrole nitrogens is 2. The second-order valence-corrected chi connectivity index (χ2v) is 15.9. The van der Waals surface area contributed by atoms with Crippen LogP contribution < -0.4 is 15.4 Å². The van der Waals surface area contributed by atoms with Gasteiger partial charge in [-0.1, -0.05) is 82.8 Å². The topological polar surface area (TPSA) is 125 Å². The van der Waals surface area contributed by atoms with Gasteiger partial charge in [0.15, 0.2) is 0 Å². The number of nitrogens with one attached hydrogen (secondary N) is 4. The Morgan fingerprint density at radius 3 is 1.63 bits per heavy atom. The lowest BCUT2D eigenvalue weighted by Gasteiger charge is -2.08. The zero-order valence-electron chi connectivity index (χ0n) is 31.7. The number of imidazole rings is 2. The molecule has 0 fully saturated rings. The monoisotopic (exact) mass is 944 g/mol. The summed E-state index contributed by atoms with van der Waals surface area (Å²) in [6, 6.07) is 33.4. The van der Waals surface area contributed by atoms with Crippen molar-refractivity contribution in [3.63, 3.8) is 0 Å². The van der Waals surface area contributed by atoms with E-state index in [1.165, 1.54) is 6.07 Å². The lowest BCUT2D eigenvalue weighted by molar-refractivity contribution is 0.0946. The van der Waals surface area contributed by atoms with Gasteiger partial charge in [0.2, 0.25) is 0 Å². The van der Waals surface area contributed by atoms with Crippen molar-refractivity contribution >= 4 is 96.2 Å². The molecule has 6 aromatic carbocycles. The number of aromatic amines is 2. The molecule has 2 heterocycles. The average Bonchev–Trinajstić information content (AvgIpc) is 3.85. The Kier molecular flexibility index (Phi) is 13.7. The first-order valence-corrected chi connectivity index (χ1v) is 20.8. The third-order valence-electron chi connectivity index (χ3n) is 9.44. The molecule has 2 aromatic heterocycles. The fraction of sp³-hybridized carbons (Fsp3) is 0.111. The highest BCUT2D eigenvalue weighted by Crippen LogP contribution is 2.35. The van der Waals surface area contributed by atoms with Crippen LogP contribution in [0, 0.1) is 5.82 Å². The van der Waals surface area contributed by atoms with E-state index in [2.05, 4.69) is 46.5 Å². The average molecular weight is 948 g/mol. The molecule has 0 atom stereocenters. The molecule has 0 bridgehead atoms. The number of hydrogen-bond acceptors (Lipinski definition) is 5. The van der Waals surface area contributed by atoms with Gasteiger partial charge in [-0.15, -0.1) is 0 Å². The van der Waals surface area contributed by atoms with Crippen LogP contribution in [0.3, 0.4) is 0 Å². The third-order valence-corrected chi connectivity index (χ3v) is 11.3. The molecule has 304 valence electrons. The van der Waals surface area contributed by atoms with Crippen molar-refractivity contribution in [1.82, 2.24) is 30.6 Å². The van der Waals surface area contributed by atoms with Gasteiger partial charge in [-0.3, -0.25) is 9.59 Å². The largest absolute Gasteiger partial charge is 0.496 e. The van der Waals surface area contributed by atoms with Crippen LogP contribution in [-0.2, 0) is 12.8 Å². The lowest BCUT2D eigenvalue weighted by atomic mass is 10.1. The van der Waals surface area contributed by atoms with Crippen molar-refractivity contribution in [2.75, 3.05) is 20.2 Å². The molecule has 4 N–H and O–H groups in total. The smallest absolute Gasteiger partial charge is 0.251 e. The summed E-state index contributed by atoms with van der Waals surface area (Å²) in [5.41, 5.74) is 6.79. The zero-order chi connectivity index (χ0) is 42.3. The Bertz CT molecular complexity index is 2830. The van der Waals surface area contributed by atoms with Gasteiger partial charge in [0.1, 0.15) is 23.2 Å². The maximum Gasteiger partial charge on any atom is 0.251 e. The number of halogens is 6. The fourth-order valence-electron chi connectivity index (χ4n) is 6.39. The second kappa shape index (κ2) is 19.3. The SMILES string of the molecule is COc1ccc(CCNC(=O)c2ccc3nc(-c4c(Cl)cccc4Cl)[nH]c3c2)cc1Br.O=C(NCCc1ccccc1F)c1ccc2nc(-c3c(Cl)cccc3Cl)[nH]c2c1. The van der Waals surface area contributed by atoms with E-state index in [0.29, 0.717) is 96.5 Å². The molecule has 8 rings (SSSR count). The minimum Gasteiger partial charge on any atom is -0.496 e. The fourth-order valence-corrected chi connectivity index (χ4v) is 8.13. The maximum atomic E-state index is 13.7. The van der Waals surface area contributed by atoms with Crippen molar-refractivity contribution in [1.29, 1.82) is 0 Å². The van der Waals surface area contributed by atoms with Gasteiger partial charge in [-0.05, 0) is 119 Å². The minimum atomic E-state index is -0.272. The van der Waals surface area contributed by atoms with Crippen LogP contribution in [0.25, 0.3) is 44.8 Å². The summed E-state index contributed by atoms with van der Waals surface area (Å²) in [5, 5.41) is 7.76. The standard InChI is InChI=1S/C23H18BrCl2N3O2.C22H16Cl2FN3O/c1-31-20-8-5-13(11-15(20)24)9-10-27-23(30)14-6-7-18-19(12-14)29-22(28-18)21-16(25)3-2-4-17(21)26;23-15-5-3-6-16(24)20(15)21-27-18-9-8-14(12-19(18)28-21)22(29)26-11-10-13-4-1-2-7-17(13)25/h2-8,11-12H,9-10H2,1H3,(H,27,30)(H,28,29);1-9,12H,10-11H2,(H,26,29)(H,27,28). The van der Waals surface area contributed by atoms with Gasteiger partial charge in [0.25, 0.3) is 11.8 Å². The van der Waals surface area contributed by atoms with Crippen LogP contribution in [0.1, 0.15) is 31.8 Å². The number of ether oxygens (including phenoxy) is 1. The maximum absolute atomic E-state index is 13.7. The first-order valence-electron chi connectivity index (χ1n) is 18.5. The number of carbonyl (C=O) groups excluding carboxylic acids is 2. The predicted octanol–water partition coefficient (Wildman–Crippen LogP) is 11.9. The highest BCUT2D eigenvalue weighted by molar-refractivity contribution is 9.10. The van der Waals surface area contributed by atoms with E-state index in [-0.39, 0.29) is 17.6 Å². The molecule has 9 nitrogen and oxygen atoms in total. The first kappa shape index (κ1) is 42.7. The third kappa shape index (κ3) is 9.94. The van der Waals surface area contributed by atoms with Gasteiger partial charge in [0.05, 0.1) is 64.9 Å². The van der Waals surface area contributed by atoms with Crippen molar-refractivity contribution in [2.45, 2.75) is 12.8 Å². The van der Waals surface area contributed by atoms with E-state index >= 15 is 0 Å². The Hall–Kier alpha value is -5.43. The number of amides is 2. The number of hydrogen-bond donors (Lipinski definition) is 4. The molecule has 0 spiro atoms. The van der Waals surface area contributed by atoms with Crippen LogP contribution in [-0.4, -0.2) is 51.9 Å². The molecule has 0 saturated heterocycles. The second-order valence-electron chi connectivity index (χ2n) is 13.4. The van der Waals surface area contributed by atoms with Crippen LogP contribution >= 0.6 is 62.3 Å². The van der Waals surface area contributed by atoms with Crippen molar-refractivity contribution in [3.8, 4) is 28.5 Å². The summed E-state index contributed by atoms with van der Waals surface area (Å²) in [6.07, 6.45) is 1.12. The van der Waals surface area contributed by atoms with E-state index in [1.807, 2.05) is 18.2 Å². The van der Waals surface area contributed by atoms with E-state index in [9.17, 15) is 14.0 Å². The van der Waals surface area contributed by atoms with Gasteiger partial charge in [-0.2, -0.15) is 0 Å². The number of benzene rings is 6. The molecule has 0 aliphatic carbocycles. The summed E-state index contributed by atoms with van der Waals surface area (Å²) >= 11 is 28.6. The highest BCUT2D eigenvalue weighted by atomic mass is 79.9. The van der Waals surface area contributed by atoms with E-state index in [4.69, 9.17) is 51.1 Å². The molecule has 0 unspecified atom stereocenters. The van der Waals surface area contributed by atoms with Crippen LogP contribution in [0.15, 0.2) is 120 Å². The van der Waals surface area contributed by atoms with Gasteiger partial charge >= 0.3 is 0 Å². The van der Waals surface area contributed by atoms with E-state index in [1.54, 1.807) is 98.1 Å². The molecule has 0 aliphatic heterocycles. The Morgan fingerprint density at radius 1 is 0.650 bits per heavy atom. The molecule has 2 amide bonds. The Labute approximate surface area is 372 Å². The van der Waals surface area contributed by atoms with Crippen LogP contribution in [0.5, 0.6) is 5.75 Å². The molecular formula is C45H34BrCl4FN6O3. The van der Waals surface area contributed by atoms with E-state index < -0.39 is 0 Å².